The molecule has 0 atom stereocenters. The molecule has 0 aliphatic rings. The third-order valence-electron chi connectivity index (χ3n) is 3.48. The van der Waals surface area contributed by atoms with Gasteiger partial charge in [0.2, 0.25) is 0 Å². The number of ether oxygens (including phenoxy) is 2. The Hall–Kier alpha value is -3.75. The molecule has 0 spiro atoms. The molecule has 0 N–H and O–H groups in total. The molecule has 0 saturated carbocycles. The van der Waals surface area contributed by atoms with Gasteiger partial charge in [0.15, 0.2) is 11.5 Å². The van der Waals surface area contributed by atoms with Crippen LogP contribution < -0.4 is 9.47 Å². The van der Waals surface area contributed by atoms with Crippen LogP contribution in [0.15, 0.2) is 60.2 Å². The number of aromatic nitrogens is 3. The Morgan fingerprint density at radius 1 is 1.19 bits per heavy atom. The van der Waals surface area contributed by atoms with E-state index in [-0.39, 0.29) is 23.6 Å². The number of nitrogens with zero attached hydrogens (tertiary/aromatic N) is 5. The van der Waals surface area contributed by atoms with E-state index in [4.69, 9.17) is 9.47 Å². The van der Waals surface area contributed by atoms with Gasteiger partial charge in [0.25, 0.3) is 5.69 Å². The maximum absolute atomic E-state index is 11.4. The fourth-order valence-electron chi connectivity index (χ4n) is 2.22. The van der Waals surface area contributed by atoms with Gasteiger partial charge in [0, 0.05) is 0 Å². The lowest BCUT2D eigenvalue weighted by Gasteiger charge is -2.11. The van der Waals surface area contributed by atoms with Gasteiger partial charge in [-0.3, -0.25) is 10.1 Å². The molecular formula is C17H15N5O4. The van der Waals surface area contributed by atoms with Crippen LogP contribution in [0.25, 0.3) is 0 Å². The summed E-state index contributed by atoms with van der Waals surface area (Å²) in [6.07, 6.45) is 4.08. The quantitative estimate of drug-likeness (QED) is 0.367. The zero-order chi connectivity index (χ0) is 18.4. The Morgan fingerprint density at radius 2 is 1.92 bits per heavy atom. The van der Waals surface area contributed by atoms with E-state index >= 15 is 0 Å². The first kappa shape index (κ1) is 17.1. The summed E-state index contributed by atoms with van der Waals surface area (Å²) in [5, 5.41) is 22.7. The summed E-state index contributed by atoms with van der Waals surface area (Å²) in [4.78, 5) is 10.9. The van der Waals surface area contributed by atoms with Crippen LogP contribution in [0.5, 0.6) is 11.5 Å². The van der Waals surface area contributed by atoms with Gasteiger partial charge in [0.1, 0.15) is 19.3 Å². The van der Waals surface area contributed by atoms with Crippen molar-refractivity contribution >= 4 is 11.9 Å². The highest BCUT2D eigenvalue weighted by atomic mass is 16.6. The standard InChI is InChI=1S/C17H15N5O4/c1-25-16-7-14(9-20-21-11-18-19-12-21)15(22(23)24)8-17(16)26-10-13-5-3-2-4-6-13/h2-9,11-12H,10H2,1H3/b20-9+. The molecule has 2 aromatic carbocycles. The van der Waals surface area contributed by atoms with Crippen molar-refractivity contribution in [1.82, 2.24) is 14.9 Å². The van der Waals surface area contributed by atoms with Crippen LogP contribution in [0, 0.1) is 10.1 Å². The van der Waals surface area contributed by atoms with Gasteiger partial charge in [-0.1, -0.05) is 30.3 Å². The van der Waals surface area contributed by atoms with Gasteiger partial charge in [-0.05, 0) is 11.6 Å². The third-order valence-corrected chi connectivity index (χ3v) is 3.48. The second-order valence-corrected chi connectivity index (χ2v) is 5.18. The zero-order valence-electron chi connectivity index (χ0n) is 13.8. The molecule has 0 fully saturated rings. The van der Waals surface area contributed by atoms with Gasteiger partial charge in [-0.15, -0.1) is 10.2 Å². The zero-order valence-corrected chi connectivity index (χ0v) is 13.8. The topological polar surface area (TPSA) is 105 Å². The number of nitro groups is 1. The molecule has 0 radical (unpaired) electrons. The summed E-state index contributed by atoms with van der Waals surface area (Å²) in [5.74, 6) is 0.654. The molecule has 3 rings (SSSR count). The lowest BCUT2D eigenvalue weighted by molar-refractivity contribution is -0.385. The number of hydrogen-bond donors (Lipinski definition) is 0. The maximum atomic E-state index is 11.4. The highest BCUT2D eigenvalue weighted by Crippen LogP contribution is 2.34. The van der Waals surface area contributed by atoms with Crippen molar-refractivity contribution in [3.05, 3.63) is 76.4 Å². The fraction of sp³-hybridized carbons (Fsp3) is 0.118. The Kier molecular flexibility index (Phi) is 5.18. The Balaban J connectivity index is 1.90. The molecule has 0 unspecified atom stereocenters. The van der Waals surface area contributed by atoms with E-state index < -0.39 is 4.92 Å². The number of hydrogen-bond acceptors (Lipinski definition) is 7. The van der Waals surface area contributed by atoms with Crippen LogP contribution in [0.3, 0.4) is 0 Å². The first-order valence-corrected chi connectivity index (χ1v) is 7.59. The largest absolute Gasteiger partial charge is 0.493 e. The minimum Gasteiger partial charge on any atom is -0.493 e. The number of rotatable bonds is 7. The first-order valence-electron chi connectivity index (χ1n) is 7.59. The van der Waals surface area contributed by atoms with Crippen molar-refractivity contribution in [2.45, 2.75) is 6.61 Å². The first-order chi connectivity index (χ1) is 12.7. The average molecular weight is 353 g/mol. The average Bonchev–Trinajstić information content (AvgIpc) is 3.18. The minimum atomic E-state index is -0.498. The van der Waals surface area contributed by atoms with E-state index in [1.807, 2.05) is 30.3 Å². The molecular weight excluding hydrogens is 338 g/mol. The Bertz CT molecular complexity index is 910. The second-order valence-electron chi connectivity index (χ2n) is 5.18. The van der Waals surface area contributed by atoms with Crippen LogP contribution in [-0.4, -0.2) is 33.1 Å². The lowest BCUT2D eigenvalue weighted by Crippen LogP contribution is -2.02. The maximum Gasteiger partial charge on any atom is 0.282 e. The lowest BCUT2D eigenvalue weighted by atomic mass is 10.1. The molecule has 0 bridgehead atoms. The molecule has 0 aliphatic carbocycles. The normalized spacial score (nSPS) is 10.8. The number of benzene rings is 2. The minimum absolute atomic E-state index is 0.148. The van der Waals surface area contributed by atoms with E-state index in [0.29, 0.717) is 5.75 Å². The predicted octanol–water partition coefficient (Wildman–Crippen LogP) is 2.66. The predicted molar refractivity (Wildman–Crippen MR) is 93.4 cm³/mol. The molecule has 9 heteroatoms. The summed E-state index contributed by atoms with van der Waals surface area (Å²) >= 11 is 0. The van der Waals surface area contributed by atoms with Crippen molar-refractivity contribution in [1.29, 1.82) is 0 Å². The molecule has 26 heavy (non-hydrogen) atoms. The van der Waals surface area contributed by atoms with E-state index in [1.54, 1.807) is 0 Å². The number of nitro benzene ring substituents is 1. The van der Waals surface area contributed by atoms with Crippen molar-refractivity contribution in [2.75, 3.05) is 7.11 Å². The summed E-state index contributed by atoms with van der Waals surface area (Å²) < 4.78 is 12.3. The molecule has 0 aliphatic heterocycles. The van der Waals surface area contributed by atoms with Gasteiger partial charge >= 0.3 is 0 Å². The summed E-state index contributed by atoms with van der Waals surface area (Å²) in [6, 6.07) is 12.3. The molecule has 3 aromatic rings. The van der Waals surface area contributed by atoms with Gasteiger partial charge in [-0.25, -0.2) is 4.68 Å². The van der Waals surface area contributed by atoms with E-state index in [2.05, 4.69) is 15.3 Å². The van der Waals surface area contributed by atoms with E-state index in [0.717, 1.165) is 5.56 Å². The summed E-state index contributed by atoms with van der Waals surface area (Å²) in [5.41, 5.74) is 1.06. The third kappa shape index (κ3) is 4.01. The Labute approximate surface area is 148 Å². The smallest absolute Gasteiger partial charge is 0.282 e. The highest BCUT2D eigenvalue weighted by Gasteiger charge is 2.19. The van der Waals surface area contributed by atoms with Crippen molar-refractivity contribution < 1.29 is 14.4 Å². The van der Waals surface area contributed by atoms with Crippen LogP contribution in [-0.2, 0) is 6.61 Å². The SMILES string of the molecule is COc1cc(/C=N/n2cnnc2)c([N+](=O)[O-])cc1OCc1ccccc1. The Morgan fingerprint density at radius 3 is 2.58 bits per heavy atom. The fourth-order valence-corrected chi connectivity index (χ4v) is 2.22. The van der Waals surface area contributed by atoms with Gasteiger partial charge in [0.05, 0.1) is 29.9 Å². The van der Waals surface area contributed by atoms with E-state index in [9.17, 15) is 10.1 Å². The molecule has 1 heterocycles. The van der Waals surface area contributed by atoms with Crippen LogP contribution in [0.2, 0.25) is 0 Å². The van der Waals surface area contributed by atoms with Gasteiger partial charge in [-0.2, -0.15) is 5.10 Å². The highest BCUT2D eigenvalue weighted by molar-refractivity contribution is 5.86. The summed E-state index contributed by atoms with van der Waals surface area (Å²) in [7, 11) is 1.47. The second kappa shape index (κ2) is 7.88. The molecule has 0 saturated heterocycles. The molecule has 1 aromatic heterocycles. The van der Waals surface area contributed by atoms with Crippen LogP contribution in [0.4, 0.5) is 5.69 Å². The molecule has 9 nitrogen and oxygen atoms in total. The van der Waals surface area contributed by atoms with Gasteiger partial charge < -0.3 is 9.47 Å². The summed E-state index contributed by atoms with van der Waals surface area (Å²) in [6.45, 7) is 0.266. The van der Waals surface area contributed by atoms with Crippen LogP contribution >= 0.6 is 0 Å². The monoisotopic (exact) mass is 353 g/mol. The molecule has 0 amide bonds. The van der Waals surface area contributed by atoms with Crippen molar-refractivity contribution in [2.24, 2.45) is 5.10 Å². The van der Waals surface area contributed by atoms with Crippen LogP contribution in [0.1, 0.15) is 11.1 Å². The van der Waals surface area contributed by atoms with Crippen molar-refractivity contribution in [3.8, 4) is 11.5 Å². The van der Waals surface area contributed by atoms with Crippen molar-refractivity contribution in [3.63, 3.8) is 0 Å². The number of methoxy groups -OCH3 is 1. The van der Waals surface area contributed by atoms with E-state index in [1.165, 1.54) is 42.8 Å². The molecule has 132 valence electrons.